The molecule has 3 heteroatoms. The molecule has 0 N–H and O–H groups in total. The van der Waals surface area contributed by atoms with Crippen LogP contribution in [-0.2, 0) is 13.0 Å². The van der Waals surface area contributed by atoms with Gasteiger partial charge in [0.15, 0.2) is 0 Å². The lowest BCUT2D eigenvalue weighted by Gasteiger charge is -2.29. The van der Waals surface area contributed by atoms with E-state index in [1.807, 2.05) is 17.5 Å². The van der Waals surface area contributed by atoms with Crippen LogP contribution in [-0.4, -0.2) is 23.0 Å². The minimum absolute atomic E-state index is 1.07. The van der Waals surface area contributed by atoms with Crippen molar-refractivity contribution in [3.05, 3.63) is 16.1 Å². The maximum absolute atomic E-state index is 4.39. The fourth-order valence-corrected chi connectivity index (χ4v) is 2.22. The van der Waals surface area contributed by atoms with Crippen molar-refractivity contribution in [1.82, 2.24) is 9.88 Å². The molecule has 0 amide bonds. The molecule has 0 aromatic carbocycles. The zero-order valence-corrected chi connectivity index (χ0v) is 8.23. The van der Waals surface area contributed by atoms with Gasteiger partial charge in [-0.05, 0) is 25.9 Å². The summed E-state index contributed by atoms with van der Waals surface area (Å²) in [5, 5.41) is 1.28. The van der Waals surface area contributed by atoms with Crippen LogP contribution in [0.1, 0.15) is 23.2 Å². The molecule has 1 fully saturated rings. The van der Waals surface area contributed by atoms with E-state index >= 15 is 0 Å². The minimum Gasteiger partial charge on any atom is -0.297 e. The van der Waals surface area contributed by atoms with E-state index < -0.39 is 0 Å². The molecule has 2 rings (SSSR count). The van der Waals surface area contributed by atoms with Gasteiger partial charge in [0.05, 0.1) is 6.54 Å². The third-order valence-electron chi connectivity index (χ3n) is 2.26. The lowest BCUT2D eigenvalue weighted by molar-refractivity contribution is 0.172. The molecule has 0 unspecified atom stereocenters. The van der Waals surface area contributed by atoms with Gasteiger partial charge in [-0.1, -0.05) is 6.92 Å². The minimum atomic E-state index is 1.07. The molecule has 0 spiro atoms. The second-order valence-corrected chi connectivity index (χ2v) is 4.40. The summed E-state index contributed by atoms with van der Waals surface area (Å²) < 4.78 is 0. The number of hydrogen-bond acceptors (Lipinski definition) is 3. The summed E-state index contributed by atoms with van der Waals surface area (Å²) in [6.07, 6.45) is 4.50. The van der Waals surface area contributed by atoms with Crippen LogP contribution >= 0.6 is 11.3 Å². The predicted octanol–water partition coefficient (Wildman–Crippen LogP) is 1.91. The Bertz CT molecular complexity index is 253. The normalized spacial score (nSPS) is 17.8. The molecule has 1 aliphatic rings. The summed E-state index contributed by atoms with van der Waals surface area (Å²) in [5.74, 6) is 0. The Labute approximate surface area is 77.2 Å². The lowest BCUT2D eigenvalue weighted by Crippen LogP contribution is -2.36. The standard InChI is InChI=1S/C9H14N2S/c1-2-8-6-10-9(12-8)7-11-4-3-5-11/h6H,2-5,7H2,1H3. The highest BCUT2D eigenvalue weighted by Gasteiger charge is 2.15. The van der Waals surface area contributed by atoms with Crippen LogP contribution in [0.2, 0.25) is 0 Å². The fourth-order valence-electron chi connectivity index (χ4n) is 1.32. The molecule has 66 valence electrons. The number of hydrogen-bond donors (Lipinski definition) is 0. The van der Waals surface area contributed by atoms with Crippen LogP contribution < -0.4 is 0 Å². The lowest BCUT2D eigenvalue weighted by atomic mass is 10.2. The molecule has 0 aliphatic carbocycles. The average Bonchev–Trinajstić information content (AvgIpc) is 2.44. The van der Waals surface area contributed by atoms with Crippen molar-refractivity contribution in [1.29, 1.82) is 0 Å². The average molecular weight is 182 g/mol. The first-order valence-corrected chi connectivity index (χ1v) is 5.36. The summed E-state index contributed by atoms with van der Waals surface area (Å²) in [6, 6.07) is 0. The SMILES string of the molecule is CCc1cnc(CN2CCC2)s1. The fraction of sp³-hybridized carbons (Fsp3) is 0.667. The van der Waals surface area contributed by atoms with E-state index in [-0.39, 0.29) is 0 Å². The number of thiazole rings is 1. The second-order valence-electron chi connectivity index (χ2n) is 3.20. The van der Waals surface area contributed by atoms with E-state index in [4.69, 9.17) is 0 Å². The summed E-state index contributed by atoms with van der Waals surface area (Å²) in [7, 11) is 0. The molecule has 0 bridgehead atoms. The van der Waals surface area contributed by atoms with E-state index in [1.165, 1.54) is 29.4 Å². The Morgan fingerprint density at radius 1 is 1.58 bits per heavy atom. The smallest absolute Gasteiger partial charge is 0.107 e. The first-order chi connectivity index (χ1) is 5.88. The van der Waals surface area contributed by atoms with E-state index in [0.29, 0.717) is 0 Å². The van der Waals surface area contributed by atoms with Gasteiger partial charge in [0.2, 0.25) is 0 Å². The molecule has 0 atom stereocenters. The topological polar surface area (TPSA) is 16.1 Å². The van der Waals surface area contributed by atoms with Gasteiger partial charge in [0.1, 0.15) is 5.01 Å². The molecule has 2 heterocycles. The number of aromatic nitrogens is 1. The van der Waals surface area contributed by atoms with Crippen LogP contribution in [0.5, 0.6) is 0 Å². The van der Waals surface area contributed by atoms with Gasteiger partial charge in [-0.25, -0.2) is 4.98 Å². The van der Waals surface area contributed by atoms with Crippen molar-refractivity contribution in [2.24, 2.45) is 0 Å². The highest BCUT2D eigenvalue weighted by molar-refractivity contribution is 7.11. The largest absolute Gasteiger partial charge is 0.297 e. The molecule has 0 saturated carbocycles. The highest BCUT2D eigenvalue weighted by Crippen LogP contribution is 2.17. The molecule has 1 saturated heterocycles. The molecule has 1 aromatic heterocycles. The molecule has 1 aliphatic heterocycles. The Morgan fingerprint density at radius 2 is 2.42 bits per heavy atom. The number of nitrogens with zero attached hydrogens (tertiary/aromatic N) is 2. The summed E-state index contributed by atoms with van der Waals surface area (Å²) >= 11 is 1.86. The first-order valence-electron chi connectivity index (χ1n) is 4.54. The van der Waals surface area contributed by atoms with Crippen LogP contribution in [0.4, 0.5) is 0 Å². The second kappa shape index (κ2) is 3.54. The van der Waals surface area contributed by atoms with Crippen LogP contribution in [0.15, 0.2) is 6.20 Å². The quantitative estimate of drug-likeness (QED) is 0.710. The van der Waals surface area contributed by atoms with Crippen molar-refractivity contribution < 1.29 is 0 Å². The Balaban J connectivity index is 1.93. The Morgan fingerprint density at radius 3 is 2.92 bits per heavy atom. The van der Waals surface area contributed by atoms with Gasteiger partial charge in [-0.3, -0.25) is 4.90 Å². The van der Waals surface area contributed by atoms with E-state index in [9.17, 15) is 0 Å². The van der Waals surface area contributed by atoms with Crippen molar-refractivity contribution in [2.75, 3.05) is 13.1 Å². The van der Waals surface area contributed by atoms with Crippen molar-refractivity contribution in [3.8, 4) is 0 Å². The van der Waals surface area contributed by atoms with Gasteiger partial charge >= 0.3 is 0 Å². The predicted molar refractivity (Wildman–Crippen MR) is 51.4 cm³/mol. The van der Waals surface area contributed by atoms with Crippen molar-refractivity contribution in [3.63, 3.8) is 0 Å². The number of aryl methyl sites for hydroxylation is 1. The van der Waals surface area contributed by atoms with Gasteiger partial charge in [-0.2, -0.15) is 0 Å². The summed E-state index contributed by atoms with van der Waals surface area (Å²) in [4.78, 5) is 8.24. The number of likely N-dealkylation sites (tertiary alicyclic amines) is 1. The maximum atomic E-state index is 4.39. The van der Waals surface area contributed by atoms with Crippen LogP contribution in [0, 0.1) is 0 Å². The Hall–Kier alpha value is -0.410. The van der Waals surface area contributed by atoms with Gasteiger partial charge in [0, 0.05) is 11.1 Å². The first kappa shape index (κ1) is 8.20. The monoisotopic (exact) mass is 182 g/mol. The van der Waals surface area contributed by atoms with Gasteiger partial charge < -0.3 is 0 Å². The van der Waals surface area contributed by atoms with E-state index in [1.54, 1.807) is 0 Å². The molecule has 0 radical (unpaired) electrons. The summed E-state index contributed by atoms with van der Waals surface area (Å²) in [6.45, 7) is 5.79. The molecule has 12 heavy (non-hydrogen) atoms. The van der Waals surface area contributed by atoms with Gasteiger partial charge in [0.25, 0.3) is 0 Å². The highest BCUT2D eigenvalue weighted by atomic mass is 32.1. The van der Waals surface area contributed by atoms with Crippen molar-refractivity contribution >= 4 is 11.3 Å². The van der Waals surface area contributed by atoms with Crippen LogP contribution in [0.3, 0.4) is 0 Å². The maximum Gasteiger partial charge on any atom is 0.107 e. The zero-order valence-electron chi connectivity index (χ0n) is 7.42. The van der Waals surface area contributed by atoms with Crippen LogP contribution in [0.25, 0.3) is 0 Å². The molecular weight excluding hydrogens is 168 g/mol. The third kappa shape index (κ3) is 1.67. The molecular formula is C9H14N2S. The summed E-state index contributed by atoms with van der Waals surface area (Å²) in [5.41, 5.74) is 0. The Kier molecular flexibility index (Phi) is 2.42. The van der Waals surface area contributed by atoms with E-state index in [0.717, 1.165) is 13.0 Å². The third-order valence-corrected chi connectivity index (χ3v) is 3.38. The van der Waals surface area contributed by atoms with Gasteiger partial charge in [-0.15, -0.1) is 11.3 Å². The van der Waals surface area contributed by atoms with Crippen molar-refractivity contribution in [2.45, 2.75) is 26.3 Å². The molecule has 1 aromatic rings. The molecule has 2 nitrogen and oxygen atoms in total. The van der Waals surface area contributed by atoms with E-state index in [2.05, 4.69) is 16.8 Å². The number of rotatable bonds is 3. The zero-order chi connectivity index (χ0) is 8.39.